The van der Waals surface area contributed by atoms with Gasteiger partial charge in [-0.2, -0.15) is 0 Å². The van der Waals surface area contributed by atoms with Gasteiger partial charge in [-0.25, -0.2) is 9.97 Å². The summed E-state index contributed by atoms with van der Waals surface area (Å²) >= 11 is 0. The first kappa shape index (κ1) is 7.24. The third-order valence-electron chi connectivity index (χ3n) is 1.82. The molecule has 0 aliphatic carbocycles. The van der Waals surface area contributed by atoms with Crippen LogP contribution in [-0.2, 0) is 6.42 Å². The fraction of sp³-hybridized carbons (Fsp3) is 0.250. The minimum Gasteiger partial charge on any atom is -0.396 e. The summed E-state index contributed by atoms with van der Waals surface area (Å²) in [6.45, 7) is 0.155. The molecule has 0 spiro atoms. The Morgan fingerprint density at radius 2 is 2.42 bits per heavy atom. The van der Waals surface area contributed by atoms with Gasteiger partial charge in [-0.3, -0.25) is 0 Å². The van der Waals surface area contributed by atoms with Crippen LogP contribution < -0.4 is 0 Å². The number of nitrogens with one attached hydrogen (secondary N) is 1. The number of aromatic amines is 1. The zero-order chi connectivity index (χ0) is 8.39. The first-order valence-corrected chi connectivity index (χ1v) is 3.78. The molecular weight excluding hydrogens is 154 g/mol. The van der Waals surface area contributed by atoms with Crippen molar-refractivity contribution < 1.29 is 5.11 Å². The Labute approximate surface area is 69.3 Å². The van der Waals surface area contributed by atoms with Crippen molar-refractivity contribution in [2.24, 2.45) is 0 Å². The van der Waals surface area contributed by atoms with E-state index in [1.54, 1.807) is 6.20 Å². The summed E-state index contributed by atoms with van der Waals surface area (Å²) in [6, 6.07) is 0. The summed E-state index contributed by atoms with van der Waals surface area (Å²) in [5.74, 6) is 0. The third kappa shape index (κ3) is 1.06. The average Bonchev–Trinajstić information content (AvgIpc) is 2.50. The summed E-state index contributed by atoms with van der Waals surface area (Å²) in [4.78, 5) is 11.0. The van der Waals surface area contributed by atoms with Gasteiger partial charge < -0.3 is 10.1 Å². The lowest BCUT2D eigenvalue weighted by Gasteiger charge is -1.92. The minimum absolute atomic E-state index is 0.155. The molecule has 0 aliphatic rings. The smallest absolute Gasteiger partial charge is 0.140 e. The molecule has 4 heteroatoms. The molecule has 0 atom stereocenters. The lowest BCUT2D eigenvalue weighted by atomic mass is 10.2. The van der Waals surface area contributed by atoms with Gasteiger partial charge >= 0.3 is 0 Å². The number of nitrogens with zero attached hydrogens (tertiary/aromatic N) is 2. The number of fused-ring (bicyclic) bond motifs is 1. The highest BCUT2D eigenvalue weighted by Crippen LogP contribution is 2.14. The standard InChI is InChI=1S/C8H9N3O/c12-2-1-6-3-10-8-7(6)4-9-5-11-8/h3-5,12H,1-2H2,(H,9,10,11). The van der Waals surface area contributed by atoms with Crippen molar-refractivity contribution in [1.29, 1.82) is 0 Å². The van der Waals surface area contributed by atoms with Gasteiger partial charge in [0.2, 0.25) is 0 Å². The van der Waals surface area contributed by atoms with E-state index in [9.17, 15) is 0 Å². The van der Waals surface area contributed by atoms with Gasteiger partial charge in [-0.05, 0) is 12.0 Å². The molecule has 12 heavy (non-hydrogen) atoms. The molecular formula is C8H9N3O. The Hall–Kier alpha value is -1.42. The number of hydrogen-bond acceptors (Lipinski definition) is 3. The van der Waals surface area contributed by atoms with E-state index in [1.807, 2.05) is 6.20 Å². The maximum atomic E-state index is 8.74. The van der Waals surface area contributed by atoms with Crippen molar-refractivity contribution >= 4 is 11.0 Å². The van der Waals surface area contributed by atoms with Crippen LogP contribution in [0.15, 0.2) is 18.7 Å². The molecule has 0 radical (unpaired) electrons. The zero-order valence-corrected chi connectivity index (χ0v) is 6.49. The van der Waals surface area contributed by atoms with E-state index >= 15 is 0 Å². The van der Waals surface area contributed by atoms with Crippen LogP contribution in [0, 0.1) is 0 Å². The second-order valence-electron chi connectivity index (χ2n) is 2.57. The van der Waals surface area contributed by atoms with Crippen molar-refractivity contribution in [3.63, 3.8) is 0 Å². The number of aromatic nitrogens is 3. The van der Waals surface area contributed by atoms with E-state index in [1.165, 1.54) is 6.33 Å². The summed E-state index contributed by atoms with van der Waals surface area (Å²) in [6.07, 6.45) is 5.76. The Balaban J connectivity index is 2.55. The quantitative estimate of drug-likeness (QED) is 0.677. The highest BCUT2D eigenvalue weighted by molar-refractivity contribution is 5.78. The molecule has 0 saturated heterocycles. The van der Waals surface area contributed by atoms with Crippen LogP contribution in [0.1, 0.15) is 5.56 Å². The normalized spacial score (nSPS) is 10.8. The molecule has 2 N–H and O–H groups in total. The fourth-order valence-electron chi connectivity index (χ4n) is 1.24. The molecule has 2 aromatic heterocycles. The molecule has 0 bridgehead atoms. The lowest BCUT2D eigenvalue weighted by molar-refractivity contribution is 0.300. The van der Waals surface area contributed by atoms with Crippen molar-refractivity contribution in [2.75, 3.05) is 6.61 Å². The van der Waals surface area contributed by atoms with Gasteiger partial charge in [-0.1, -0.05) is 0 Å². The lowest BCUT2D eigenvalue weighted by Crippen LogP contribution is -1.88. The molecule has 2 heterocycles. The SMILES string of the molecule is OCCc1c[nH]c2ncncc12. The molecule has 0 saturated carbocycles. The van der Waals surface area contributed by atoms with Gasteiger partial charge in [0.15, 0.2) is 0 Å². The van der Waals surface area contributed by atoms with E-state index in [-0.39, 0.29) is 6.61 Å². The van der Waals surface area contributed by atoms with Crippen LogP contribution in [0.3, 0.4) is 0 Å². The first-order chi connectivity index (χ1) is 5.92. The summed E-state index contributed by atoms with van der Waals surface area (Å²) in [7, 11) is 0. The summed E-state index contributed by atoms with van der Waals surface area (Å²) in [5, 5.41) is 9.73. The van der Waals surface area contributed by atoms with Crippen LogP contribution >= 0.6 is 0 Å². The number of aliphatic hydroxyl groups excluding tert-OH is 1. The van der Waals surface area contributed by atoms with Crippen molar-refractivity contribution in [2.45, 2.75) is 6.42 Å². The van der Waals surface area contributed by atoms with Gasteiger partial charge in [0.1, 0.15) is 12.0 Å². The Bertz CT molecular complexity index is 382. The van der Waals surface area contributed by atoms with E-state index in [2.05, 4.69) is 15.0 Å². The number of hydrogen-bond donors (Lipinski definition) is 2. The molecule has 2 aromatic rings. The average molecular weight is 163 g/mol. The van der Waals surface area contributed by atoms with E-state index < -0.39 is 0 Å². The number of aliphatic hydroxyl groups is 1. The largest absolute Gasteiger partial charge is 0.396 e. The monoisotopic (exact) mass is 163 g/mol. The molecule has 0 amide bonds. The Kier molecular flexibility index (Phi) is 1.75. The predicted octanol–water partition coefficient (Wildman–Crippen LogP) is 0.493. The van der Waals surface area contributed by atoms with Gasteiger partial charge in [0, 0.05) is 24.4 Å². The van der Waals surface area contributed by atoms with Crippen molar-refractivity contribution in [3.05, 3.63) is 24.3 Å². The zero-order valence-electron chi connectivity index (χ0n) is 6.49. The maximum absolute atomic E-state index is 8.74. The van der Waals surface area contributed by atoms with Crippen molar-refractivity contribution in [3.8, 4) is 0 Å². The Morgan fingerprint density at radius 1 is 1.50 bits per heavy atom. The van der Waals surface area contributed by atoms with Gasteiger partial charge in [0.05, 0.1) is 0 Å². The predicted molar refractivity (Wildman–Crippen MR) is 44.7 cm³/mol. The molecule has 4 nitrogen and oxygen atoms in total. The second kappa shape index (κ2) is 2.91. The molecule has 0 aliphatic heterocycles. The van der Waals surface area contributed by atoms with E-state index in [4.69, 9.17) is 5.11 Å². The van der Waals surface area contributed by atoms with Crippen LogP contribution in [0.25, 0.3) is 11.0 Å². The molecule has 62 valence electrons. The van der Waals surface area contributed by atoms with E-state index in [0.717, 1.165) is 16.6 Å². The van der Waals surface area contributed by atoms with Crippen molar-refractivity contribution in [1.82, 2.24) is 15.0 Å². The summed E-state index contributed by atoms with van der Waals surface area (Å²) in [5.41, 5.74) is 1.89. The molecule has 2 rings (SSSR count). The first-order valence-electron chi connectivity index (χ1n) is 3.78. The molecule has 0 unspecified atom stereocenters. The highest BCUT2D eigenvalue weighted by atomic mass is 16.2. The number of H-pyrrole nitrogens is 1. The topological polar surface area (TPSA) is 61.8 Å². The Morgan fingerprint density at radius 3 is 3.25 bits per heavy atom. The number of rotatable bonds is 2. The maximum Gasteiger partial charge on any atom is 0.140 e. The van der Waals surface area contributed by atoms with Crippen LogP contribution in [0.2, 0.25) is 0 Å². The minimum atomic E-state index is 0.155. The van der Waals surface area contributed by atoms with Crippen LogP contribution in [-0.4, -0.2) is 26.7 Å². The van der Waals surface area contributed by atoms with Crippen LogP contribution in [0.5, 0.6) is 0 Å². The molecule has 0 aromatic carbocycles. The fourth-order valence-corrected chi connectivity index (χ4v) is 1.24. The van der Waals surface area contributed by atoms with Gasteiger partial charge in [-0.15, -0.1) is 0 Å². The molecule has 0 fully saturated rings. The van der Waals surface area contributed by atoms with Crippen LogP contribution in [0.4, 0.5) is 0 Å². The van der Waals surface area contributed by atoms with Gasteiger partial charge in [0.25, 0.3) is 0 Å². The third-order valence-corrected chi connectivity index (χ3v) is 1.82. The summed E-state index contributed by atoms with van der Waals surface area (Å²) < 4.78 is 0. The van der Waals surface area contributed by atoms with E-state index in [0.29, 0.717) is 6.42 Å². The second-order valence-corrected chi connectivity index (χ2v) is 2.57. The highest BCUT2D eigenvalue weighted by Gasteiger charge is 2.02.